The number of ether oxygens (including phenoxy) is 1. The normalized spacial score (nSPS) is 10.7. The highest BCUT2D eigenvalue weighted by atomic mass is 16.5. The van der Waals surface area contributed by atoms with E-state index in [1.54, 1.807) is 7.11 Å². The van der Waals surface area contributed by atoms with Gasteiger partial charge in [-0.3, -0.25) is 0 Å². The molecule has 0 fully saturated rings. The number of methoxy groups -OCH3 is 1. The molecular formula is C12H17NO. The van der Waals surface area contributed by atoms with Gasteiger partial charge < -0.3 is 10.1 Å². The Morgan fingerprint density at radius 2 is 2.14 bits per heavy atom. The number of allylic oxidation sites excluding steroid dienone is 1. The fourth-order valence-electron chi connectivity index (χ4n) is 1.26. The second-order valence-electron chi connectivity index (χ2n) is 3.04. The second kappa shape index (κ2) is 6.22. The van der Waals surface area contributed by atoms with Crippen molar-refractivity contribution in [3.8, 4) is 0 Å². The fourth-order valence-corrected chi connectivity index (χ4v) is 1.26. The van der Waals surface area contributed by atoms with Gasteiger partial charge >= 0.3 is 0 Å². The maximum atomic E-state index is 5.12. The molecule has 0 saturated heterocycles. The predicted molar refractivity (Wildman–Crippen MR) is 60.5 cm³/mol. The van der Waals surface area contributed by atoms with Crippen molar-refractivity contribution >= 4 is 5.69 Å². The number of hydrogen-bond donors (Lipinski definition) is 1. The quantitative estimate of drug-likeness (QED) is 0.722. The summed E-state index contributed by atoms with van der Waals surface area (Å²) in [5.74, 6) is 0. The van der Waals surface area contributed by atoms with Crippen LogP contribution in [0, 0.1) is 0 Å². The van der Waals surface area contributed by atoms with E-state index in [0.717, 1.165) is 12.2 Å². The summed E-state index contributed by atoms with van der Waals surface area (Å²) in [6.45, 7) is 3.53. The molecule has 1 N–H and O–H groups in total. The van der Waals surface area contributed by atoms with Gasteiger partial charge in [0.05, 0.1) is 6.61 Å². The summed E-state index contributed by atoms with van der Waals surface area (Å²) in [5.41, 5.74) is 2.34. The fraction of sp³-hybridized carbons (Fsp3) is 0.333. The van der Waals surface area contributed by atoms with Gasteiger partial charge in [0.1, 0.15) is 0 Å². The maximum absolute atomic E-state index is 5.12. The standard InChI is InChI=1S/C12H17NO/c1-3-4-9-13-12-8-6-5-7-11(12)10-14-2/h3-8,13H,9-10H2,1-2H3/b4-3+. The van der Waals surface area contributed by atoms with E-state index in [4.69, 9.17) is 4.74 Å². The Morgan fingerprint density at radius 3 is 2.86 bits per heavy atom. The first-order valence-electron chi connectivity index (χ1n) is 4.80. The van der Waals surface area contributed by atoms with Crippen LogP contribution < -0.4 is 5.32 Å². The number of rotatable bonds is 5. The summed E-state index contributed by atoms with van der Waals surface area (Å²) < 4.78 is 5.12. The van der Waals surface area contributed by atoms with E-state index in [0.29, 0.717) is 6.61 Å². The van der Waals surface area contributed by atoms with Gasteiger partial charge in [0.15, 0.2) is 0 Å². The summed E-state index contributed by atoms with van der Waals surface area (Å²) in [5, 5.41) is 3.33. The van der Waals surface area contributed by atoms with Crippen LogP contribution in [0.2, 0.25) is 0 Å². The Hall–Kier alpha value is -1.28. The molecule has 0 atom stereocenters. The molecular weight excluding hydrogens is 174 g/mol. The first kappa shape index (κ1) is 10.8. The Kier molecular flexibility index (Phi) is 4.79. The van der Waals surface area contributed by atoms with Gasteiger partial charge in [0.25, 0.3) is 0 Å². The lowest BCUT2D eigenvalue weighted by molar-refractivity contribution is 0.185. The topological polar surface area (TPSA) is 21.3 Å². The molecule has 76 valence electrons. The van der Waals surface area contributed by atoms with Crippen LogP contribution in [0.5, 0.6) is 0 Å². The Balaban J connectivity index is 2.63. The first-order chi connectivity index (χ1) is 6.88. The molecule has 0 aliphatic rings. The molecule has 0 aliphatic heterocycles. The van der Waals surface area contributed by atoms with E-state index in [-0.39, 0.29) is 0 Å². The Labute approximate surface area is 85.6 Å². The zero-order valence-electron chi connectivity index (χ0n) is 8.79. The molecule has 1 aromatic rings. The predicted octanol–water partition coefficient (Wildman–Crippen LogP) is 2.82. The molecule has 0 spiro atoms. The Bertz CT molecular complexity index is 294. The number of nitrogens with one attached hydrogen (secondary N) is 1. The molecule has 0 heterocycles. The highest BCUT2D eigenvalue weighted by molar-refractivity contribution is 5.51. The second-order valence-corrected chi connectivity index (χ2v) is 3.04. The lowest BCUT2D eigenvalue weighted by Gasteiger charge is -2.09. The van der Waals surface area contributed by atoms with E-state index < -0.39 is 0 Å². The van der Waals surface area contributed by atoms with Gasteiger partial charge in [-0.05, 0) is 13.0 Å². The van der Waals surface area contributed by atoms with Gasteiger partial charge in [0.2, 0.25) is 0 Å². The third-order valence-electron chi connectivity index (χ3n) is 1.96. The molecule has 0 aliphatic carbocycles. The zero-order valence-corrected chi connectivity index (χ0v) is 8.79. The van der Waals surface area contributed by atoms with Crippen LogP contribution in [-0.2, 0) is 11.3 Å². The van der Waals surface area contributed by atoms with Gasteiger partial charge in [-0.15, -0.1) is 0 Å². The zero-order chi connectivity index (χ0) is 10.2. The average Bonchev–Trinajstić information content (AvgIpc) is 2.21. The van der Waals surface area contributed by atoms with Crippen LogP contribution in [0.3, 0.4) is 0 Å². The van der Waals surface area contributed by atoms with Crippen molar-refractivity contribution in [3.05, 3.63) is 42.0 Å². The third-order valence-corrected chi connectivity index (χ3v) is 1.96. The molecule has 1 rings (SSSR count). The smallest absolute Gasteiger partial charge is 0.0733 e. The van der Waals surface area contributed by atoms with E-state index in [9.17, 15) is 0 Å². The van der Waals surface area contributed by atoms with Crippen LogP contribution in [0.1, 0.15) is 12.5 Å². The lowest BCUT2D eigenvalue weighted by Crippen LogP contribution is -2.02. The van der Waals surface area contributed by atoms with Gasteiger partial charge in [-0.2, -0.15) is 0 Å². The van der Waals surface area contributed by atoms with Crippen molar-refractivity contribution < 1.29 is 4.74 Å². The van der Waals surface area contributed by atoms with E-state index in [1.807, 2.05) is 25.1 Å². The van der Waals surface area contributed by atoms with Crippen LogP contribution in [0.15, 0.2) is 36.4 Å². The van der Waals surface area contributed by atoms with Crippen molar-refractivity contribution in [1.29, 1.82) is 0 Å². The minimum atomic E-state index is 0.652. The monoisotopic (exact) mass is 191 g/mol. The minimum Gasteiger partial charge on any atom is -0.381 e. The number of hydrogen-bond acceptors (Lipinski definition) is 2. The van der Waals surface area contributed by atoms with Crippen LogP contribution >= 0.6 is 0 Å². The lowest BCUT2D eigenvalue weighted by atomic mass is 10.2. The summed E-state index contributed by atoms with van der Waals surface area (Å²) in [6, 6.07) is 8.19. The van der Waals surface area contributed by atoms with Gasteiger partial charge in [-0.1, -0.05) is 30.4 Å². The number of benzene rings is 1. The van der Waals surface area contributed by atoms with Crippen molar-refractivity contribution in [1.82, 2.24) is 0 Å². The largest absolute Gasteiger partial charge is 0.381 e. The van der Waals surface area contributed by atoms with Crippen LogP contribution in [0.25, 0.3) is 0 Å². The molecule has 0 aromatic heterocycles. The molecule has 1 aromatic carbocycles. The highest BCUT2D eigenvalue weighted by Gasteiger charge is 1.98. The molecule has 0 bridgehead atoms. The molecule has 0 unspecified atom stereocenters. The molecule has 0 amide bonds. The van der Waals surface area contributed by atoms with E-state index >= 15 is 0 Å². The summed E-state index contributed by atoms with van der Waals surface area (Å²) >= 11 is 0. The first-order valence-corrected chi connectivity index (χ1v) is 4.80. The van der Waals surface area contributed by atoms with Crippen molar-refractivity contribution in [2.75, 3.05) is 19.0 Å². The van der Waals surface area contributed by atoms with Gasteiger partial charge in [0, 0.05) is 24.9 Å². The van der Waals surface area contributed by atoms with Crippen molar-refractivity contribution in [3.63, 3.8) is 0 Å². The molecule has 14 heavy (non-hydrogen) atoms. The van der Waals surface area contributed by atoms with Crippen LogP contribution in [-0.4, -0.2) is 13.7 Å². The highest BCUT2D eigenvalue weighted by Crippen LogP contribution is 2.15. The van der Waals surface area contributed by atoms with Crippen molar-refractivity contribution in [2.45, 2.75) is 13.5 Å². The van der Waals surface area contributed by atoms with Gasteiger partial charge in [-0.25, -0.2) is 0 Å². The third kappa shape index (κ3) is 3.23. The molecule has 0 saturated carbocycles. The summed E-state index contributed by atoms with van der Waals surface area (Å²) in [4.78, 5) is 0. The SMILES string of the molecule is C/C=C/CNc1ccccc1COC. The number of anilines is 1. The minimum absolute atomic E-state index is 0.652. The summed E-state index contributed by atoms with van der Waals surface area (Å²) in [7, 11) is 1.71. The summed E-state index contributed by atoms with van der Waals surface area (Å²) in [6.07, 6.45) is 4.12. The molecule has 0 radical (unpaired) electrons. The maximum Gasteiger partial charge on any atom is 0.0733 e. The van der Waals surface area contributed by atoms with Crippen LogP contribution in [0.4, 0.5) is 5.69 Å². The average molecular weight is 191 g/mol. The Morgan fingerprint density at radius 1 is 1.36 bits per heavy atom. The van der Waals surface area contributed by atoms with E-state index in [2.05, 4.69) is 23.5 Å². The van der Waals surface area contributed by atoms with E-state index in [1.165, 1.54) is 5.56 Å². The van der Waals surface area contributed by atoms with Crippen molar-refractivity contribution in [2.24, 2.45) is 0 Å². The molecule has 2 heteroatoms. The molecule has 2 nitrogen and oxygen atoms in total. The number of para-hydroxylation sites is 1.